The number of nitrogens with two attached hydrogens (primary N) is 1. The summed E-state index contributed by atoms with van der Waals surface area (Å²) in [5.74, 6) is -0.302. The minimum atomic E-state index is -0.460. The lowest BCUT2D eigenvalue weighted by Gasteiger charge is -2.02. The molecular weight excluding hydrogens is 372 g/mol. The van der Waals surface area contributed by atoms with E-state index < -0.39 is 5.97 Å². The van der Waals surface area contributed by atoms with Gasteiger partial charge in [0.2, 0.25) is 5.13 Å². The molecule has 0 atom stereocenters. The van der Waals surface area contributed by atoms with E-state index in [4.69, 9.17) is 10.5 Å². The van der Waals surface area contributed by atoms with Gasteiger partial charge in [0.05, 0.1) is 17.0 Å². The number of thiophene rings is 1. The highest BCUT2D eigenvalue weighted by atomic mass is 32.1. The van der Waals surface area contributed by atoms with Crippen molar-refractivity contribution in [3.8, 4) is 10.7 Å². The molecule has 0 spiro atoms. The number of hydrogen-bond donors (Lipinski definition) is 2. The summed E-state index contributed by atoms with van der Waals surface area (Å²) in [4.78, 5) is 29.3. The van der Waals surface area contributed by atoms with Crippen molar-refractivity contribution in [2.45, 2.75) is 13.8 Å². The van der Waals surface area contributed by atoms with Gasteiger partial charge >= 0.3 is 5.97 Å². The Morgan fingerprint density at radius 2 is 2.00 bits per heavy atom. The number of carbonyl (C=O) groups excluding carboxylic acids is 2. The van der Waals surface area contributed by atoms with Gasteiger partial charge in [0.25, 0.3) is 5.91 Å². The van der Waals surface area contributed by atoms with Gasteiger partial charge in [-0.2, -0.15) is 9.36 Å². The van der Waals surface area contributed by atoms with Crippen LogP contribution in [0, 0.1) is 6.92 Å². The van der Waals surface area contributed by atoms with E-state index in [2.05, 4.69) is 14.7 Å². The molecule has 9 heteroatoms. The number of esters is 1. The summed E-state index contributed by atoms with van der Waals surface area (Å²) in [6.07, 6.45) is 0. The molecule has 0 unspecified atom stereocenters. The van der Waals surface area contributed by atoms with Gasteiger partial charge in [0.1, 0.15) is 5.00 Å². The Bertz CT molecular complexity index is 950. The number of nitrogen functional groups attached to an aromatic ring is 1. The maximum absolute atomic E-state index is 12.2. The molecule has 0 aliphatic heterocycles. The van der Waals surface area contributed by atoms with Gasteiger partial charge in [0, 0.05) is 17.1 Å². The number of rotatable bonds is 5. The summed E-state index contributed by atoms with van der Waals surface area (Å²) < 4.78 is 9.31. The van der Waals surface area contributed by atoms with E-state index in [1.54, 1.807) is 38.1 Å². The predicted molar refractivity (Wildman–Crippen MR) is 103 cm³/mol. The highest BCUT2D eigenvalue weighted by Crippen LogP contribution is 2.38. The highest BCUT2D eigenvalue weighted by molar-refractivity contribution is 7.20. The SMILES string of the molecule is CCOC(=O)c1c(N)sc(-c2nsc(NC(=O)c3ccccc3)n2)c1C. The molecule has 0 saturated carbocycles. The molecule has 7 nitrogen and oxygen atoms in total. The third kappa shape index (κ3) is 3.58. The summed E-state index contributed by atoms with van der Waals surface area (Å²) in [7, 11) is 0. The lowest BCUT2D eigenvalue weighted by molar-refractivity contribution is 0.0527. The Morgan fingerprint density at radius 1 is 1.27 bits per heavy atom. The molecule has 2 aromatic heterocycles. The minimum Gasteiger partial charge on any atom is -0.462 e. The number of ether oxygens (including phenoxy) is 1. The Hall–Kier alpha value is -2.78. The van der Waals surface area contributed by atoms with Crippen LogP contribution in [0.1, 0.15) is 33.2 Å². The first-order valence-corrected chi connectivity index (χ1v) is 9.36. The highest BCUT2D eigenvalue weighted by Gasteiger charge is 2.23. The van der Waals surface area contributed by atoms with Gasteiger partial charge < -0.3 is 10.5 Å². The van der Waals surface area contributed by atoms with E-state index in [1.165, 1.54) is 11.3 Å². The fraction of sp³-hybridized carbons (Fsp3) is 0.176. The van der Waals surface area contributed by atoms with Gasteiger partial charge in [-0.25, -0.2) is 4.79 Å². The van der Waals surface area contributed by atoms with Crippen molar-refractivity contribution < 1.29 is 14.3 Å². The van der Waals surface area contributed by atoms with Crippen LogP contribution in [0.25, 0.3) is 10.7 Å². The van der Waals surface area contributed by atoms with Crippen molar-refractivity contribution in [3.05, 3.63) is 47.0 Å². The van der Waals surface area contributed by atoms with Crippen molar-refractivity contribution in [2.75, 3.05) is 17.7 Å². The lowest BCUT2D eigenvalue weighted by atomic mass is 10.1. The second-order valence-electron chi connectivity index (χ2n) is 5.26. The average Bonchev–Trinajstić information content (AvgIpc) is 3.20. The maximum atomic E-state index is 12.2. The molecule has 26 heavy (non-hydrogen) atoms. The minimum absolute atomic E-state index is 0.261. The van der Waals surface area contributed by atoms with Crippen molar-refractivity contribution in [2.24, 2.45) is 0 Å². The quantitative estimate of drug-likeness (QED) is 0.647. The molecule has 2 heterocycles. The predicted octanol–water partition coefficient (Wildman–Crippen LogP) is 3.59. The lowest BCUT2D eigenvalue weighted by Crippen LogP contribution is -2.11. The second-order valence-corrected chi connectivity index (χ2v) is 7.06. The molecule has 0 fully saturated rings. The van der Waals surface area contributed by atoms with Gasteiger partial charge in [-0.05, 0) is 31.5 Å². The Balaban J connectivity index is 1.83. The molecule has 1 amide bonds. The topological polar surface area (TPSA) is 107 Å². The standard InChI is InChI=1S/C17H16N4O3S2/c1-3-24-16(23)11-9(2)12(25-13(11)18)14-19-17(26-21-14)20-15(22)10-7-5-4-6-8-10/h4-8H,3,18H2,1-2H3,(H,19,20,21,22). The Labute approximate surface area is 158 Å². The molecule has 0 aliphatic carbocycles. The van der Waals surface area contributed by atoms with Crippen LogP contribution in [0.2, 0.25) is 0 Å². The zero-order valence-electron chi connectivity index (χ0n) is 14.1. The first kappa shape index (κ1) is 18.0. The van der Waals surface area contributed by atoms with Crippen molar-refractivity contribution in [1.29, 1.82) is 0 Å². The van der Waals surface area contributed by atoms with Gasteiger partial charge in [-0.15, -0.1) is 11.3 Å². The first-order chi connectivity index (χ1) is 12.5. The smallest absolute Gasteiger partial charge is 0.341 e. The third-order valence-corrected chi connectivity index (χ3v) is 5.29. The maximum Gasteiger partial charge on any atom is 0.341 e. The van der Waals surface area contributed by atoms with Crippen LogP contribution in [0.15, 0.2) is 30.3 Å². The van der Waals surface area contributed by atoms with Crippen LogP contribution in [0.5, 0.6) is 0 Å². The summed E-state index contributed by atoms with van der Waals surface area (Å²) in [6, 6.07) is 8.84. The molecule has 0 aliphatic rings. The molecule has 0 radical (unpaired) electrons. The number of carbonyl (C=O) groups is 2. The van der Waals surface area contributed by atoms with Crippen molar-refractivity contribution >= 4 is 44.9 Å². The molecule has 3 N–H and O–H groups in total. The van der Waals surface area contributed by atoms with E-state index >= 15 is 0 Å². The first-order valence-electron chi connectivity index (χ1n) is 7.77. The Morgan fingerprint density at radius 3 is 2.69 bits per heavy atom. The van der Waals surface area contributed by atoms with E-state index in [0.717, 1.165) is 11.5 Å². The number of nitrogens with zero attached hydrogens (tertiary/aromatic N) is 2. The summed E-state index contributed by atoms with van der Waals surface area (Å²) in [5.41, 5.74) is 7.52. The number of benzene rings is 1. The van der Waals surface area contributed by atoms with Crippen LogP contribution < -0.4 is 11.1 Å². The molecule has 1 aromatic carbocycles. The van der Waals surface area contributed by atoms with E-state index in [-0.39, 0.29) is 12.5 Å². The molecule has 0 saturated heterocycles. The van der Waals surface area contributed by atoms with Crippen LogP contribution in [0.4, 0.5) is 10.1 Å². The summed E-state index contributed by atoms with van der Waals surface area (Å²) in [6.45, 7) is 3.78. The van der Waals surface area contributed by atoms with Crippen LogP contribution >= 0.6 is 22.9 Å². The zero-order valence-corrected chi connectivity index (χ0v) is 15.7. The molecule has 134 valence electrons. The fourth-order valence-electron chi connectivity index (χ4n) is 2.33. The number of anilines is 2. The normalized spacial score (nSPS) is 10.5. The van der Waals surface area contributed by atoms with Crippen LogP contribution in [0.3, 0.4) is 0 Å². The van der Waals surface area contributed by atoms with Gasteiger partial charge in [-0.1, -0.05) is 18.2 Å². The number of nitrogens with one attached hydrogen (secondary N) is 1. The number of hydrogen-bond acceptors (Lipinski definition) is 8. The van der Waals surface area contributed by atoms with E-state index in [9.17, 15) is 9.59 Å². The summed E-state index contributed by atoms with van der Waals surface area (Å²) >= 11 is 2.29. The van der Waals surface area contributed by atoms with E-state index in [0.29, 0.717) is 37.5 Å². The molecule has 0 bridgehead atoms. The second kappa shape index (κ2) is 7.63. The van der Waals surface area contributed by atoms with E-state index in [1.807, 2.05) is 6.07 Å². The zero-order chi connectivity index (χ0) is 18.7. The van der Waals surface area contributed by atoms with Crippen LogP contribution in [-0.2, 0) is 4.74 Å². The largest absolute Gasteiger partial charge is 0.462 e. The molecule has 3 aromatic rings. The Kier molecular flexibility index (Phi) is 5.29. The number of aromatic nitrogens is 2. The van der Waals surface area contributed by atoms with Gasteiger partial charge in [-0.3, -0.25) is 10.1 Å². The molecular formula is C17H16N4O3S2. The van der Waals surface area contributed by atoms with Crippen molar-refractivity contribution in [3.63, 3.8) is 0 Å². The van der Waals surface area contributed by atoms with Gasteiger partial charge in [0.15, 0.2) is 5.82 Å². The fourth-order valence-corrected chi connectivity index (χ4v) is 3.96. The third-order valence-electron chi connectivity index (χ3n) is 3.54. The van der Waals surface area contributed by atoms with Crippen LogP contribution in [-0.4, -0.2) is 27.8 Å². The van der Waals surface area contributed by atoms with Crippen molar-refractivity contribution in [1.82, 2.24) is 9.36 Å². The monoisotopic (exact) mass is 388 g/mol. The molecule has 3 rings (SSSR count). The number of amides is 1. The summed E-state index contributed by atoms with van der Waals surface area (Å²) in [5, 5.41) is 3.45. The average molecular weight is 388 g/mol.